The van der Waals surface area contributed by atoms with Crippen molar-refractivity contribution in [1.82, 2.24) is 20.4 Å². The number of nitrogens with zero attached hydrogens (tertiary/aromatic N) is 2. The molecule has 0 fully saturated rings. The van der Waals surface area contributed by atoms with Crippen molar-refractivity contribution in [3.05, 3.63) is 119 Å². The number of benzene rings is 6. The molecule has 0 radical (unpaired) electrons. The Morgan fingerprint density at radius 1 is 0.413 bits per heavy atom. The lowest BCUT2D eigenvalue weighted by molar-refractivity contribution is 0.0639. The number of carbonyl (C=O) groups is 4. The minimum absolute atomic E-state index is 0.260. The summed E-state index contributed by atoms with van der Waals surface area (Å²) in [7, 11) is 0. The van der Waals surface area contributed by atoms with Crippen LogP contribution in [0.5, 0.6) is 0 Å². The van der Waals surface area contributed by atoms with Crippen LogP contribution in [0.1, 0.15) is 41.4 Å². The van der Waals surface area contributed by atoms with Gasteiger partial charge in [0.1, 0.15) is 0 Å². The summed E-state index contributed by atoms with van der Waals surface area (Å²) in [5.74, 6) is -1.06. The van der Waals surface area contributed by atoms with Crippen molar-refractivity contribution < 1.29 is 19.2 Å². The highest BCUT2D eigenvalue weighted by Crippen LogP contribution is 2.36. The van der Waals surface area contributed by atoms with Gasteiger partial charge >= 0.3 is 0 Å². The van der Waals surface area contributed by atoms with Crippen LogP contribution in [-0.2, 0) is 0 Å². The van der Waals surface area contributed by atoms with Gasteiger partial charge in [-0.15, -0.1) is 0 Å². The van der Waals surface area contributed by atoms with Crippen LogP contribution in [0.3, 0.4) is 0 Å². The molecule has 2 heterocycles. The quantitative estimate of drug-likeness (QED) is 0.131. The Morgan fingerprint density at radius 2 is 0.804 bits per heavy atom. The lowest BCUT2D eigenvalue weighted by Crippen LogP contribution is -2.40. The minimum atomic E-state index is -0.267. The molecule has 0 aliphatic carbocycles. The van der Waals surface area contributed by atoms with Gasteiger partial charge in [-0.2, -0.15) is 0 Å². The van der Waals surface area contributed by atoms with Crippen molar-refractivity contribution in [2.24, 2.45) is 0 Å². The van der Waals surface area contributed by atoms with Crippen molar-refractivity contribution in [2.45, 2.75) is 0 Å². The molecular weight excluding hydrogens is 576 g/mol. The van der Waals surface area contributed by atoms with Crippen LogP contribution in [0.25, 0.3) is 43.1 Å². The van der Waals surface area contributed by atoms with E-state index in [-0.39, 0.29) is 36.7 Å². The first-order valence-electron chi connectivity index (χ1n) is 15.6. The molecule has 0 bridgehead atoms. The molecule has 46 heavy (non-hydrogen) atoms. The molecule has 0 saturated carbocycles. The van der Waals surface area contributed by atoms with Crippen molar-refractivity contribution >= 4 is 66.7 Å². The Balaban J connectivity index is 0.855. The minimum Gasteiger partial charge on any atom is -0.314 e. The molecule has 8 nitrogen and oxygen atoms in total. The molecule has 0 aromatic heterocycles. The zero-order chi connectivity index (χ0) is 31.4. The second kappa shape index (κ2) is 11.2. The Hall–Kier alpha value is -5.44. The largest absolute Gasteiger partial charge is 0.314 e. The first-order valence-corrected chi connectivity index (χ1v) is 15.6. The number of carbonyl (C=O) groups excluding carboxylic acids is 4. The van der Waals surface area contributed by atoms with Crippen molar-refractivity contribution in [3.63, 3.8) is 0 Å². The van der Waals surface area contributed by atoms with Crippen molar-refractivity contribution in [1.29, 1.82) is 0 Å². The number of rotatable bonds is 9. The number of fused-ring (bicyclic) bond motifs is 10. The smallest absolute Gasteiger partial charge is 0.262 e. The summed E-state index contributed by atoms with van der Waals surface area (Å²) < 4.78 is 0. The van der Waals surface area contributed by atoms with Gasteiger partial charge in [0.15, 0.2) is 0 Å². The second-order valence-corrected chi connectivity index (χ2v) is 11.8. The monoisotopic (exact) mass is 606 g/mol. The standard InChI is InChI=1S/C38H30N4O4/c43-35-29-15-13-25-11-9-23-5-1-3-7-27(23)31(25)33(29)37(45)41(35)21-19-39-17-18-40-20-22-42-36(44)30-16-14-26-12-10-24-6-2-4-8-28(24)32(26)34(30)38(42)46/h1-16,39-40H,17-22H2. The number of amides is 4. The lowest BCUT2D eigenvalue weighted by atomic mass is 9.95. The molecule has 2 N–H and O–H groups in total. The number of nitrogens with one attached hydrogen (secondary N) is 2. The average molecular weight is 607 g/mol. The molecule has 0 atom stereocenters. The van der Waals surface area contributed by atoms with E-state index in [4.69, 9.17) is 0 Å². The van der Waals surface area contributed by atoms with Crippen LogP contribution in [0.2, 0.25) is 0 Å². The third-order valence-electron chi connectivity index (χ3n) is 9.19. The Kier molecular flexibility index (Phi) is 6.82. The van der Waals surface area contributed by atoms with E-state index in [0.717, 1.165) is 43.1 Å². The van der Waals surface area contributed by atoms with E-state index in [1.807, 2.05) is 84.9 Å². The third-order valence-corrected chi connectivity index (χ3v) is 9.19. The van der Waals surface area contributed by atoms with E-state index >= 15 is 0 Å². The van der Waals surface area contributed by atoms with Gasteiger partial charge in [0.2, 0.25) is 0 Å². The molecule has 2 aliphatic heterocycles. The topological polar surface area (TPSA) is 98.8 Å². The van der Waals surface area contributed by atoms with E-state index in [1.165, 1.54) is 9.80 Å². The number of hydrogen-bond donors (Lipinski definition) is 2. The highest BCUT2D eigenvalue weighted by Gasteiger charge is 2.38. The van der Waals surface area contributed by atoms with Crippen LogP contribution in [0.4, 0.5) is 0 Å². The molecule has 6 aromatic rings. The molecule has 0 spiro atoms. The van der Waals surface area contributed by atoms with E-state index < -0.39 is 0 Å². The predicted molar refractivity (Wildman–Crippen MR) is 179 cm³/mol. The van der Waals surface area contributed by atoms with E-state index in [0.29, 0.717) is 48.4 Å². The van der Waals surface area contributed by atoms with Gasteiger partial charge in [-0.25, -0.2) is 0 Å². The summed E-state index contributed by atoms with van der Waals surface area (Å²) in [4.78, 5) is 56.0. The van der Waals surface area contributed by atoms with E-state index in [1.54, 1.807) is 12.1 Å². The fourth-order valence-corrected chi connectivity index (χ4v) is 6.96. The summed E-state index contributed by atoms with van der Waals surface area (Å²) in [6.45, 7) is 2.61. The molecule has 6 aromatic carbocycles. The molecular formula is C38H30N4O4. The maximum absolute atomic E-state index is 13.5. The summed E-state index contributed by atoms with van der Waals surface area (Å²) >= 11 is 0. The fourth-order valence-electron chi connectivity index (χ4n) is 6.96. The van der Waals surface area contributed by atoms with Crippen LogP contribution in [-0.4, -0.2) is 72.7 Å². The highest BCUT2D eigenvalue weighted by molar-refractivity contribution is 6.31. The highest BCUT2D eigenvalue weighted by atomic mass is 16.2. The van der Waals surface area contributed by atoms with Gasteiger partial charge in [0, 0.05) is 50.0 Å². The summed E-state index contributed by atoms with van der Waals surface area (Å²) in [6, 6.07) is 31.2. The molecule has 0 unspecified atom stereocenters. The summed E-state index contributed by atoms with van der Waals surface area (Å²) in [5.41, 5.74) is 1.86. The first-order chi connectivity index (χ1) is 22.5. The molecule has 8 heteroatoms. The van der Waals surface area contributed by atoms with Crippen LogP contribution < -0.4 is 10.6 Å². The zero-order valence-corrected chi connectivity index (χ0v) is 25.0. The number of imide groups is 2. The van der Waals surface area contributed by atoms with Gasteiger partial charge in [-0.05, 0) is 44.5 Å². The number of hydrogen-bond acceptors (Lipinski definition) is 6. The maximum atomic E-state index is 13.5. The van der Waals surface area contributed by atoms with Crippen LogP contribution in [0, 0.1) is 0 Å². The second-order valence-electron chi connectivity index (χ2n) is 11.8. The lowest BCUT2D eigenvalue weighted by Gasteiger charge is -2.16. The molecule has 0 saturated heterocycles. The maximum Gasteiger partial charge on any atom is 0.262 e. The summed E-state index contributed by atoms with van der Waals surface area (Å²) in [5, 5.41) is 14.1. The zero-order valence-electron chi connectivity index (χ0n) is 25.0. The van der Waals surface area contributed by atoms with Crippen LogP contribution in [0.15, 0.2) is 97.1 Å². The van der Waals surface area contributed by atoms with E-state index in [9.17, 15) is 19.2 Å². The molecule has 4 amide bonds. The van der Waals surface area contributed by atoms with Gasteiger partial charge in [-0.3, -0.25) is 29.0 Å². The van der Waals surface area contributed by atoms with Crippen LogP contribution >= 0.6 is 0 Å². The Labute approximate surface area is 264 Å². The fraction of sp³-hybridized carbons (Fsp3) is 0.158. The molecule has 8 rings (SSSR count). The third kappa shape index (κ3) is 4.37. The van der Waals surface area contributed by atoms with Crippen molar-refractivity contribution in [3.8, 4) is 0 Å². The molecule has 2 aliphatic rings. The van der Waals surface area contributed by atoms with Gasteiger partial charge in [0.25, 0.3) is 23.6 Å². The average Bonchev–Trinajstić information content (AvgIpc) is 3.48. The Bertz CT molecular complexity index is 2120. The Morgan fingerprint density at radius 3 is 1.26 bits per heavy atom. The van der Waals surface area contributed by atoms with Gasteiger partial charge in [-0.1, -0.05) is 84.9 Å². The SMILES string of the molecule is O=C1c2ccc3ccc4ccccc4c3c2C(=O)N1CCNCCNCCN1C(=O)c2ccc3ccc4ccccc4c3c2C1=O. The first kappa shape index (κ1) is 28.1. The van der Waals surface area contributed by atoms with E-state index in [2.05, 4.69) is 10.6 Å². The normalized spacial score (nSPS) is 14.4. The van der Waals surface area contributed by atoms with Gasteiger partial charge in [0.05, 0.1) is 22.3 Å². The summed E-state index contributed by atoms with van der Waals surface area (Å²) in [6.07, 6.45) is 0. The molecule has 226 valence electrons. The van der Waals surface area contributed by atoms with Gasteiger partial charge < -0.3 is 10.6 Å². The van der Waals surface area contributed by atoms with Crippen molar-refractivity contribution in [2.75, 3.05) is 39.3 Å². The predicted octanol–water partition coefficient (Wildman–Crippen LogP) is 5.37.